The molecule has 21 heavy (non-hydrogen) atoms. The van der Waals surface area contributed by atoms with Gasteiger partial charge in [0.25, 0.3) is 0 Å². The molecule has 0 spiro atoms. The Balaban J connectivity index is 0.00000220. The van der Waals surface area contributed by atoms with Crippen LogP contribution in [0.5, 0.6) is 0 Å². The third-order valence-corrected chi connectivity index (χ3v) is 3.42. The van der Waals surface area contributed by atoms with E-state index in [1.54, 1.807) is 0 Å². The molecule has 1 aliphatic rings. The zero-order valence-electron chi connectivity index (χ0n) is 11.4. The number of carbonyl (C=O) groups is 1. The highest BCUT2D eigenvalue weighted by Gasteiger charge is 2.29. The number of nitrogens with one attached hydrogen (secondary N) is 2. The van der Waals surface area contributed by atoms with Crippen molar-refractivity contribution in [2.45, 2.75) is 25.6 Å². The summed E-state index contributed by atoms with van der Waals surface area (Å²) in [6.45, 7) is 1.86. The van der Waals surface area contributed by atoms with Gasteiger partial charge in [-0.1, -0.05) is 12.1 Å². The second-order valence-corrected chi connectivity index (χ2v) is 4.96. The summed E-state index contributed by atoms with van der Waals surface area (Å²) in [7, 11) is 0. The van der Waals surface area contributed by atoms with E-state index in [1.807, 2.05) is 0 Å². The number of carbonyl (C=O) groups excluding carboxylic acids is 1. The first-order chi connectivity index (χ1) is 9.47. The Morgan fingerprint density at radius 1 is 1.29 bits per heavy atom. The molecule has 1 amide bonds. The summed E-state index contributed by atoms with van der Waals surface area (Å²) in [5, 5.41) is 5.92. The van der Waals surface area contributed by atoms with Crippen molar-refractivity contribution in [2.24, 2.45) is 5.92 Å². The zero-order valence-corrected chi connectivity index (χ0v) is 12.2. The standard InChI is InChI=1S/C14H17F3N2O.ClH/c15-14(16,17)12-5-3-10(4-6-12)8-19-13(20)11-2-1-7-18-9-11;/h3-6,11,18H,1-2,7-9H2,(H,19,20);1H. The maximum absolute atomic E-state index is 12.4. The van der Waals surface area contributed by atoms with Crippen LogP contribution >= 0.6 is 12.4 Å². The molecule has 1 heterocycles. The first-order valence-corrected chi connectivity index (χ1v) is 6.61. The van der Waals surface area contributed by atoms with Crippen LogP contribution in [0, 0.1) is 5.92 Å². The maximum Gasteiger partial charge on any atom is 0.416 e. The molecule has 7 heteroatoms. The van der Waals surface area contributed by atoms with Gasteiger partial charge in [-0.2, -0.15) is 13.2 Å². The summed E-state index contributed by atoms with van der Waals surface area (Å²) in [6, 6.07) is 4.84. The average Bonchev–Trinajstić information content (AvgIpc) is 2.45. The van der Waals surface area contributed by atoms with Crippen molar-refractivity contribution in [2.75, 3.05) is 13.1 Å². The lowest BCUT2D eigenvalue weighted by atomic mass is 9.99. The topological polar surface area (TPSA) is 41.1 Å². The molecule has 0 saturated carbocycles. The highest BCUT2D eigenvalue weighted by Crippen LogP contribution is 2.29. The van der Waals surface area contributed by atoms with Crippen molar-refractivity contribution in [3.05, 3.63) is 35.4 Å². The van der Waals surface area contributed by atoms with Crippen LogP contribution in [0.3, 0.4) is 0 Å². The van der Waals surface area contributed by atoms with Gasteiger partial charge in [-0.3, -0.25) is 4.79 Å². The summed E-state index contributed by atoms with van der Waals surface area (Å²) < 4.78 is 37.2. The summed E-state index contributed by atoms with van der Waals surface area (Å²) in [4.78, 5) is 11.9. The smallest absolute Gasteiger partial charge is 0.352 e. The van der Waals surface area contributed by atoms with Gasteiger partial charge in [-0.05, 0) is 37.1 Å². The van der Waals surface area contributed by atoms with E-state index in [0.717, 1.165) is 31.5 Å². The number of hydrogen-bond donors (Lipinski definition) is 2. The minimum Gasteiger partial charge on any atom is -0.352 e. The molecular formula is C14H18ClF3N2O. The lowest BCUT2D eigenvalue weighted by Gasteiger charge is -2.21. The van der Waals surface area contributed by atoms with Gasteiger partial charge in [0.05, 0.1) is 11.5 Å². The third-order valence-electron chi connectivity index (χ3n) is 3.42. The summed E-state index contributed by atoms with van der Waals surface area (Å²) in [5.74, 6) is -0.0877. The molecule has 2 N–H and O–H groups in total. The Hall–Kier alpha value is -1.27. The minimum absolute atomic E-state index is 0. The largest absolute Gasteiger partial charge is 0.416 e. The van der Waals surface area contributed by atoms with Crippen LogP contribution < -0.4 is 10.6 Å². The molecule has 1 fully saturated rings. The van der Waals surface area contributed by atoms with Gasteiger partial charge in [-0.25, -0.2) is 0 Å². The van der Waals surface area contributed by atoms with E-state index >= 15 is 0 Å². The molecule has 0 radical (unpaired) electrons. The number of amides is 1. The van der Waals surface area contributed by atoms with Gasteiger partial charge in [0.2, 0.25) is 5.91 Å². The van der Waals surface area contributed by atoms with E-state index in [1.165, 1.54) is 12.1 Å². The van der Waals surface area contributed by atoms with Crippen molar-refractivity contribution in [3.63, 3.8) is 0 Å². The summed E-state index contributed by atoms with van der Waals surface area (Å²) >= 11 is 0. The number of rotatable bonds is 3. The predicted octanol–water partition coefficient (Wildman–Crippen LogP) is 2.74. The Morgan fingerprint density at radius 3 is 2.48 bits per heavy atom. The fourth-order valence-electron chi connectivity index (χ4n) is 2.22. The number of halogens is 4. The van der Waals surface area contributed by atoms with Crippen molar-refractivity contribution < 1.29 is 18.0 Å². The van der Waals surface area contributed by atoms with Gasteiger partial charge < -0.3 is 10.6 Å². The van der Waals surface area contributed by atoms with E-state index in [-0.39, 0.29) is 30.8 Å². The van der Waals surface area contributed by atoms with Crippen LogP contribution in [0.1, 0.15) is 24.0 Å². The van der Waals surface area contributed by atoms with Crippen molar-refractivity contribution in [1.29, 1.82) is 0 Å². The second kappa shape index (κ2) is 7.66. The second-order valence-electron chi connectivity index (χ2n) is 4.96. The molecule has 0 aromatic heterocycles. The van der Waals surface area contributed by atoms with Gasteiger partial charge in [-0.15, -0.1) is 12.4 Å². The predicted molar refractivity (Wildman–Crippen MR) is 76.1 cm³/mol. The number of benzene rings is 1. The van der Waals surface area contributed by atoms with E-state index in [4.69, 9.17) is 0 Å². The van der Waals surface area contributed by atoms with Crippen molar-refractivity contribution >= 4 is 18.3 Å². The number of hydrogen-bond acceptors (Lipinski definition) is 2. The normalized spacial score (nSPS) is 18.7. The molecule has 1 saturated heterocycles. The fourth-order valence-corrected chi connectivity index (χ4v) is 2.22. The summed E-state index contributed by atoms with van der Waals surface area (Å²) in [6.07, 6.45) is -2.50. The monoisotopic (exact) mass is 322 g/mol. The molecule has 1 aromatic rings. The van der Waals surface area contributed by atoms with Gasteiger partial charge in [0.15, 0.2) is 0 Å². The third kappa shape index (κ3) is 5.21. The fraction of sp³-hybridized carbons (Fsp3) is 0.500. The molecule has 3 nitrogen and oxygen atoms in total. The first-order valence-electron chi connectivity index (χ1n) is 6.61. The zero-order chi connectivity index (χ0) is 14.6. The van der Waals surface area contributed by atoms with Crippen LogP contribution in [0.4, 0.5) is 13.2 Å². The van der Waals surface area contributed by atoms with E-state index in [2.05, 4.69) is 10.6 Å². The van der Waals surface area contributed by atoms with Crippen LogP contribution in [-0.2, 0) is 17.5 Å². The molecule has 1 unspecified atom stereocenters. The Morgan fingerprint density at radius 2 is 1.95 bits per heavy atom. The summed E-state index contributed by atoms with van der Waals surface area (Å²) in [5.41, 5.74) is -0.0147. The van der Waals surface area contributed by atoms with Crippen LogP contribution in [-0.4, -0.2) is 19.0 Å². The molecule has 1 atom stereocenters. The van der Waals surface area contributed by atoms with Crippen molar-refractivity contribution in [3.8, 4) is 0 Å². The van der Waals surface area contributed by atoms with E-state index in [9.17, 15) is 18.0 Å². The van der Waals surface area contributed by atoms with Gasteiger partial charge in [0, 0.05) is 13.1 Å². The Bertz CT molecular complexity index is 456. The number of alkyl halides is 3. The molecule has 118 valence electrons. The molecule has 1 aromatic carbocycles. The Kier molecular flexibility index (Phi) is 6.48. The lowest BCUT2D eigenvalue weighted by Crippen LogP contribution is -2.40. The first kappa shape index (κ1) is 17.8. The van der Waals surface area contributed by atoms with Crippen molar-refractivity contribution in [1.82, 2.24) is 10.6 Å². The minimum atomic E-state index is -4.32. The number of piperidine rings is 1. The molecule has 1 aliphatic heterocycles. The van der Waals surface area contributed by atoms with Crippen LogP contribution in [0.15, 0.2) is 24.3 Å². The molecule has 2 rings (SSSR count). The van der Waals surface area contributed by atoms with Gasteiger partial charge >= 0.3 is 6.18 Å². The SMILES string of the molecule is Cl.O=C(NCc1ccc(C(F)(F)F)cc1)C1CCCNC1. The molecule has 0 bridgehead atoms. The maximum atomic E-state index is 12.4. The molecule has 0 aliphatic carbocycles. The van der Waals surface area contributed by atoms with E-state index in [0.29, 0.717) is 12.1 Å². The lowest BCUT2D eigenvalue weighted by molar-refractivity contribution is -0.137. The average molecular weight is 323 g/mol. The van der Waals surface area contributed by atoms with Crippen LogP contribution in [0.25, 0.3) is 0 Å². The van der Waals surface area contributed by atoms with Crippen LogP contribution in [0.2, 0.25) is 0 Å². The Labute approximate surface area is 127 Å². The highest BCUT2D eigenvalue weighted by molar-refractivity contribution is 5.85. The highest BCUT2D eigenvalue weighted by atomic mass is 35.5. The molecular weight excluding hydrogens is 305 g/mol. The quantitative estimate of drug-likeness (QED) is 0.898. The van der Waals surface area contributed by atoms with Gasteiger partial charge in [0.1, 0.15) is 0 Å². The van der Waals surface area contributed by atoms with E-state index < -0.39 is 11.7 Å².